The van der Waals surface area contributed by atoms with Gasteiger partial charge in [0.1, 0.15) is 11.8 Å². The van der Waals surface area contributed by atoms with E-state index in [0.717, 1.165) is 17.7 Å². The number of nitrogens with zero attached hydrogens (tertiary/aromatic N) is 1. The van der Waals surface area contributed by atoms with Crippen LogP contribution in [0.4, 0.5) is 0 Å². The Bertz CT molecular complexity index is 714. The summed E-state index contributed by atoms with van der Waals surface area (Å²) < 4.78 is 10.5. The molecule has 2 heterocycles. The summed E-state index contributed by atoms with van der Waals surface area (Å²) in [4.78, 5) is 38.2. The van der Waals surface area contributed by atoms with Crippen LogP contribution in [0.1, 0.15) is 24.8 Å². The van der Waals surface area contributed by atoms with Crippen LogP contribution in [-0.2, 0) is 25.7 Å². The third-order valence-corrected chi connectivity index (χ3v) is 5.35. The smallest absolute Gasteiger partial charge is 0.326 e. The highest BCUT2D eigenvalue weighted by Crippen LogP contribution is 2.23. The number of ether oxygens (including phenoxy) is 2. The average molecular weight is 390 g/mol. The zero-order valence-electron chi connectivity index (χ0n) is 15.9. The average Bonchev–Trinajstić information content (AvgIpc) is 3.07. The number of nitrogens with one attached hydrogen (secondary N) is 1. The number of carboxylic acids is 1. The number of methoxy groups -OCH3 is 1. The fourth-order valence-electron chi connectivity index (χ4n) is 3.73. The van der Waals surface area contributed by atoms with Gasteiger partial charge in [-0.1, -0.05) is 12.1 Å². The Kier molecular flexibility index (Phi) is 6.51. The van der Waals surface area contributed by atoms with Gasteiger partial charge in [0.15, 0.2) is 0 Å². The minimum atomic E-state index is -1.07. The van der Waals surface area contributed by atoms with Crippen LogP contribution in [0.5, 0.6) is 5.75 Å². The van der Waals surface area contributed by atoms with Crippen LogP contribution in [0.15, 0.2) is 24.3 Å². The molecule has 1 aromatic rings. The zero-order chi connectivity index (χ0) is 20.1. The third kappa shape index (κ3) is 4.81. The lowest BCUT2D eigenvalue weighted by Crippen LogP contribution is -2.50. The van der Waals surface area contributed by atoms with Crippen molar-refractivity contribution < 1.29 is 29.0 Å². The Balaban J connectivity index is 1.58. The summed E-state index contributed by atoms with van der Waals surface area (Å²) in [5.41, 5.74) is 0.943. The van der Waals surface area contributed by atoms with Crippen molar-refractivity contribution in [1.82, 2.24) is 10.2 Å². The fourth-order valence-corrected chi connectivity index (χ4v) is 3.73. The summed E-state index contributed by atoms with van der Waals surface area (Å²) in [7, 11) is 1.59. The van der Waals surface area contributed by atoms with Crippen molar-refractivity contribution in [3.8, 4) is 5.75 Å². The summed E-state index contributed by atoms with van der Waals surface area (Å²) in [5.74, 6) is -1.62. The molecule has 0 spiro atoms. The van der Waals surface area contributed by atoms with E-state index in [1.807, 2.05) is 24.3 Å². The standard InChI is InChI=1S/C20H26N2O6/c1-27-16-6-4-13(5-7-16)10-22-11-15(9-17(22)23)19(24)21-18(20(25)26)14-3-2-8-28-12-14/h4-7,14-15,18H,2-3,8-12H2,1H3,(H,21,24)(H,25,26). The second-order valence-corrected chi connectivity index (χ2v) is 7.33. The molecule has 152 valence electrons. The Hall–Kier alpha value is -2.61. The zero-order valence-corrected chi connectivity index (χ0v) is 15.9. The van der Waals surface area contributed by atoms with Crippen molar-refractivity contribution in [2.75, 3.05) is 26.9 Å². The van der Waals surface area contributed by atoms with Crippen LogP contribution in [0, 0.1) is 11.8 Å². The molecule has 0 saturated carbocycles. The largest absolute Gasteiger partial charge is 0.497 e. The van der Waals surface area contributed by atoms with E-state index in [9.17, 15) is 19.5 Å². The quantitative estimate of drug-likeness (QED) is 0.721. The van der Waals surface area contributed by atoms with Crippen molar-refractivity contribution in [3.05, 3.63) is 29.8 Å². The molecule has 3 unspecified atom stereocenters. The van der Waals surface area contributed by atoms with Gasteiger partial charge in [-0.05, 0) is 30.5 Å². The van der Waals surface area contributed by atoms with E-state index in [4.69, 9.17) is 9.47 Å². The van der Waals surface area contributed by atoms with Gasteiger partial charge in [-0.25, -0.2) is 4.79 Å². The first-order chi connectivity index (χ1) is 13.5. The maximum Gasteiger partial charge on any atom is 0.326 e. The van der Waals surface area contributed by atoms with Gasteiger partial charge in [0.05, 0.1) is 19.6 Å². The van der Waals surface area contributed by atoms with Gasteiger partial charge >= 0.3 is 5.97 Å². The summed E-state index contributed by atoms with van der Waals surface area (Å²) in [6, 6.07) is 6.41. The molecule has 2 saturated heterocycles. The van der Waals surface area contributed by atoms with Crippen LogP contribution >= 0.6 is 0 Å². The second kappa shape index (κ2) is 9.05. The van der Waals surface area contributed by atoms with Crippen LogP contribution in [0.3, 0.4) is 0 Å². The molecule has 8 heteroatoms. The molecule has 2 aliphatic heterocycles. The van der Waals surface area contributed by atoms with E-state index in [1.165, 1.54) is 0 Å². The van der Waals surface area contributed by atoms with Crippen LogP contribution in [-0.4, -0.2) is 60.7 Å². The Labute approximate surface area is 163 Å². The molecule has 2 aliphatic rings. The van der Waals surface area contributed by atoms with Crippen molar-refractivity contribution in [3.63, 3.8) is 0 Å². The van der Waals surface area contributed by atoms with Crippen molar-refractivity contribution in [1.29, 1.82) is 0 Å². The molecular weight excluding hydrogens is 364 g/mol. The Morgan fingerprint density at radius 1 is 1.36 bits per heavy atom. The first kappa shape index (κ1) is 20.1. The highest BCUT2D eigenvalue weighted by molar-refractivity contribution is 5.91. The molecule has 3 atom stereocenters. The van der Waals surface area contributed by atoms with Gasteiger partial charge in [-0.3, -0.25) is 9.59 Å². The topological polar surface area (TPSA) is 105 Å². The number of hydrogen-bond donors (Lipinski definition) is 2. The molecule has 2 fully saturated rings. The minimum Gasteiger partial charge on any atom is -0.497 e. The molecule has 1 aromatic carbocycles. The summed E-state index contributed by atoms with van der Waals surface area (Å²) in [5, 5.41) is 12.1. The number of carbonyl (C=O) groups is 3. The van der Waals surface area contributed by atoms with Gasteiger partial charge in [0.2, 0.25) is 11.8 Å². The molecule has 2 amide bonds. The lowest BCUT2D eigenvalue weighted by molar-refractivity contribution is -0.145. The Morgan fingerprint density at radius 2 is 2.11 bits per heavy atom. The summed E-state index contributed by atoms with van der Waals surface area (Å²) >= 11 is 0. The second-order valence-electron chi connectivity index (χ2n) is 7.33. The number of carboxylic acid groups (broad SMARTS) is 1. The SMILES string of the molecule is COc1ccc(CN2CC(C(=O)NC(C(=O)O)C3CCCOC3)CC2=O)cc1. The van der Waals surface area contributed by atoms with E-state index < -0.39 is 17.9 Å². The van der Waals surface area contributed by atoms with E-state index >= 15 is 0 Å². The lowest BCUT2D eigenvalue weighted by atomic mass is 9.93. The van der Waals surface area contributed by atoms with Crippen molar-refractivity contribution >= 4 is 17.8 Å². The predicted molar refractivity (Wildman–Crippen MR) is 99.6 cm³/mol. The predicted octanol–water partition coefficient (Wildman–Crippen LogP) is 1.04. The van der Waals surface area contributed by atoms with Crippen LogP contribution < -0.4 is 10.1 Å². The molecule has 0 aromatic heterocycles. The number of likely N-dealkylation sites (tertiary alicyclic amines) is 1. The van der Waals surface area contributed by atoms with E-state index in [2.05, 4.69) is 5.32 Å². The molecular formula is C20H26N2O6. The molecule has 0 aliphatic carbocycles. The maximum absolute atomic E-state index is 12.6. The van der Waals surface area contributed by atoms with Crippen molar-refractivity contribution in [2.24, 2.45) is 11.8 Å². The fraction of sp³-hybridized carbons (Fsp3) is 0.550. The van der Waals surface area contributed by atoms with E-state index in [1.54, 1.807) is 12.0 Å². The highest BCUT2D eigenvalue weighted by Gasteiger charge is 2.38. The van der Waals surface area contributed by atoms with Crippen molar-refractivity contribution in [2.45, 2.75) is 31.8 Å². The number of hydrogen-bond acceptors (Lipinski definition) is 5. The first-order valence-corrected chi connectivity index (χ1v) is 9.49. The van der Waals surface area contributed by atoms with Gasteiger partial charge < -0.3 is 24.8 Å². The first-order valence-electron chi connectivity index (χ1n) is 9.49. The molecule has 0 bridgehead atoms. The minimum absolute atomic E-state index is 0.0928. The number of amides is 2. The number of carbonyl (C=O) groups excluding carboxylic acids is 2. The van der Waals surface area contributed by atoms with E-state index in [0.29, 0.717) is 26.2 Å². The third-order valence-electron chi connectivity index (χ3n) is 5.35. The summed E-state index contributed by atoms with van der Waals surface area (Å²) in [6.45, 7) is 1.63. The van der Waals surface area contributed by atoms with Crippen LogP contribution in [0.25, 0.3) is 0 Å². The van der Waals surface area contributed by atoms with Crippen LogP contribution in [0.2, 0.25) is 0 Å². The highest BCUT2D eigenvalue weighted by atomic mass is 16.5. The molecule has 3 rings (SSSR count). The number of aliphatic carboxylic acids is 1. The van der Waals surface area contributed by atoms with Gasteiger partial charge in [0, 0.05) is 32.0 Å². The maximum atomic E-state index is 12.6. The molecule has 0 radical (unpaired) electrons. The number of benzene rings is 1. The van der Waals surface area contributed by atoms with Gasteiger partial charge in [-0.2, -0.15) is 0 Å². The summed E-state index contributed by atoms with van der Waals surface area (Å²) in [6.07, 6.45) is 1.57. The normalized spacial score (nSPS) is 23.3. The Morgan fingerprint density at radius 3 is 2.71 bits per heavy atom. The molecule has 8 nitrogen and oxygen atoms in total. The molecule has 28 heavy (non-hydrogen) atoms. The lowest BCUT2D eigenvalue weighted by Gasteiger charge is -2.28. The van der Waals surface area contributed by atoms with E-state index in [-0.39, 0.29) is 30.7 Å². The molecule has 2 N–H and O–H groups in total. The van der Waals surface area contributed by atoms with Gasteiger partial charge in [-0.15, -0.1) is 0 Å². The number of rotatable bonds is 7. The van der Waals surface area contributed by atoms with Gasteiger partial charge in [0.25, 0.3) is 0 Å². The monoisotopic (exact) mass is 390 g/mol.